The van der Waals surface area contributed by atoms with Crippen molar-refractivity contribution in [1.82, 2.24) is 14.9 Å². The Hall–Kier alpha value is -0.480. The first-order valence-corrected chi connectivity index (χ1v) is 8.13. The summed E-state index contributed by atoms with van der Waals surface area (Å²) in [6.07, 6.45) is 6.38. The van der Waals surface area contributed by atoms with E-state index in [1.807, 2.05) is 18.0 Å². The second kappa shape index (κ2) is 8.59. The molecule has 1 aromatic rings. The molecule has 1 N–H and O–H groups in total. The predicted molar refractivity (Wildman–Crippen MR) is 81.1 cm³/mol. The fourth-order valence-corrected chi connectivity index (χ4v) is 2.84. The Morgan fingerprint density at radius 1 is 1.39 bits per heavy atom. The van der Waals surface area contributed by atoms with Gasteiger partial charge in [-0.25, -0.2) is 4.98 Å². The summed E-state index contributed by atoms with van der Waals surface area (Å²) >= 11 is 2.04. The molecule has 0 saturated carbocycles. The number of hydrogen-bond acceptors (Lipinski definition) is 3. The van der Waals surface area contributed by atoms with Gasteiger partial charge in [-0.15, -0.1) is 0 Å². The molecule has 3 nitrogen and oxygen atoms in total. The molecule has 0 amide bonds. The Morgan fingerprint density at radius 3 is 2.78 bits per heavy atom. The fourth-order valence-electron chi connectivity index (χ4n) is 1.82. The van der Waals surface area contributed by atoms with Crippen LogP contribution in [0.4, 0.5) is 0 Å². The summed E-state index contributed by atoms with van der Waals surface area (Å²) in [4.78, 5) is 4.53. The molecule has 0 aliphatic heterocycles. The van der Waals surface area contributed by atoms with E-state index >= 15 is 0 Å². The van der Waals surface area contributed by atoms with E-state index < -0.39 is 0 Å². The molecule has 18 heavy (non-hydrogen) atoms. The highest BCUT2D eigenvalue weighted by Crippen LogP contribution is 2.22. The van der Waals surface area contributed by atoms with Crippen LogP contribution in [0.5, 0.6) is 0 Å². The Bertz CT molecular complexity index is 325. The van der Waals surface area contributed by atoms with E-state index in [-0.39, 0.29) is 0 Å². The highest BCUT2D eigenvalue weighted by molar-refractivity contribution is 7.99. The maximum Gasteiger partial charge on any atom is 0.126 e. The average Bonchev–Trinajstić information content (AvgIpc) is 2.86. The zero-order chi connectivity index (χ0) is 13.4. The quantitative estimate of drug-likeness (QED) is 0.744. The standard InChI is InChI=1S/C14H27N3S/c1-5-8-15-13(11-18-12(4)6-2)14-16-9-10-17(14)7-3/h9-10,12-13,15H,5-8,11H2,1-4H3. The molecule has 1 aromatic heterocycles. The van der Waals surface area contributed by atoms with E-state index in [9.17, 15) is 0 Å². The van der Waals surface area contributed by atoms with Crippen molar-refractivity contribution in [3.8, 4) is 0 Å². The van der Waals surface area contributed by atoms with Gasteiger partial charge in [0.15, 0.2) is 0 Å². The lowest BCUT2D eigenvalue weighted by Crippen LogP contribution is -2.27. The Balaban J connectivity index is 2.65. The van der Waals surface area contributed by atoms with Gasteiger partial charge in [-0.3, -0.25) is 0 Å². The number of hydrogen-bond donors (Lipinski definition) is 1. The Kier molecular flexibility index (Phi) is 7.44. The molecule has 104 valence electrons. The molecule has 4 heteroatoms. The van der Waals surface area contributed by atoms with Crippen LogP contribution in [0.1, 0.15) is 52.4 Å². The lowest BCUT2D eigenvalue weighted by molar-refractivity contribution is 0.522. The van der Waals surface area contributed by atoms with Crippen molar-refractivity contribution >= 4 is 11.8 Å². The summed E-state index contributed by atoms with van der Waals surface area (Å²) in [6.45, 7) is 11.0. The summed E-state index contributed by atoms with van der Waals surface area (Å²) in [5, 5.41) is 4.34. The molecule has 0 radical (unpaired) electrons. The average molecular weight is 269 g/mol. The second-order valence-electron chi connectivity index (χ2n) is 4.63. The van der Waals surface area contributed by atoms with Crippen molar-refractivity contribution in [3.63, 3.8) is 0 Å². The molecule has 1 heterocycles. The first kappa shape index (κ1) is 15.6. The normalized spacial score (nSPS) is 14.7. The van der Waals surface area contributed by atoms with Crippen LogP contribution in [0, 0.1) is 0 Å². The van der Waals surface area contributed by atoms with Crippen molar-refractivity contribution in [3.05, 3.63) is 18.2 Å². The van der Waals surface area contributed by atoms with Crippen molar-refractivity contribution in [1.29, 1.82) is 0 Å². The zero-order valence-corrected chi connectivity index (χ0v) is 13.0. The second-order valence-corrected chi connectivity index (χ2v) is 6.10. The third-order valence-corrected chi connectivity index (χ3v) is 4.59. The van der Waals surface area contributed by atoms with E-state index in [0.29, 0.717) is 6.04 Å². The fraction of sp³-hybridized carbons (Fsp3) is 0.786. The largest absolute Gasteiger partial charge is 0.334 e. The van der Waals surface area contributed by atoms with E-state index in [4.69, 9.17) is 0 Å². The van der Waals surface area contributed by atoms with Gasteiger partial charge in [0.25, 0.3) is 0 Å². The van der Waals surface area contributed by atoms with Crippen LogP contribution in [0.15, 0.2) is 12.4 Å². The van der Waals surface area contributed by atoms with Crippen molar-refractivity contribution < 1.29 is 0 Å². The highest BCUT2D eigenvalue weighted by atomic mass is 32.2. The monoisotopic (exact) mass is 269 g/mol. The molecule has 2 unspecified atom stereocenters. The number of imidazole rings is 1. The topological polar surface area (TPSA) is 29.9 Å². The molecule has 1 rings (SSSR count). The minimum atomic E-state index is 0.374. The lowest BCUT2D eigenvalue weighted by Gasteiger charge is -2.20. The van der Waals surface area contributed by atoms with Gasteiger partial charge < -0.3 is 9.88 Å². The van der Waals surface area contributed by atoms with Gasteiger partial charge in [-0.05, 0) is 26.3 Å². The number of nitrogens with one attached hydrogen (secondary N) is 1. The van der Waals surface area contributed by atoms with Crippen LogP contribution in [-0.4, -0.2) is 27.1 Å². The summed E-state index contributed by atoms with van der Waals surface area (Å²) in [5.74, 6) is 2.29. The van der Waals surface area contributed by atoms with Crippen LogP contribution in [-0.2, 0) is 6.54 Å². The smallest absolute Gasteiger partial charge is 0.126 e. The predicted octanol–water partition coefficient (Wildman–Crippen LogP) is 3.48. The van der Waals surface area contributed by atoms with Crippen molar-refractivity contribution in [2.24, 2.45) is 0 Å². The minimum absolute atomic E-state index is 0.374. The molecule has 0 bridgehead atoms. The molecule has 0 aromatic carbocycles. The van der Waals surface area contributed by atoms with E-state index in [2.05, 4.69) is 48.8 Å². The van der Waals surface area contributed by atoms with Gasteiger partial charge >= 0.3 is 0 Å². The maximum absolute atomic E-state index is 4.53. The lowest BCUT2D eigenvalue weighted by atomic mass is 10.3. The molecule has 0 aliphatic rings. The number of thioether (sulfide) groups is 1. The molecule has 0 saturated heterocycles. The first-order chi connectivity index (χ1) is 8.72. The van der Waals surface area contributed by atoms with Crippen LogP contribution in [0.2, 0.25) is 0 Å². The van der Waals surface area contributed by atoms with E-state index in [1.54, 1.807) is 0 Å². The van der Waals surface area contributed by atoms with Crippen LogP contribution in [0.25, 0.3) is 0 Å². The minimum Gasteiger partial charge on any atom is -0.334 e. The molecule has 0 fully saturated rings. The Labute approximate surface area is 116 Å². The van der Waals surface area contributed by atoms with E-state index in [1.165, 1.54) is 12.2 Å². The van der Waals surface area contributed by atoms with Gasteiger partial charge in [0.05, 0.1) is 6.04 Å². The van der Waals surface area contributed by atoms with Gasteiger partial charge in [-0.2, -0.15) is 11.8 Å². The molecule has 2 atom stereocenters. The number of nitrogens with zero attached hydrogens (tertiary/aromatic N) is 2. The number of rotatable bonds is 9. The van der Waals surface area contributed by atoms with Gasteiger partial charge in [0, 0.05) is 29.9 Å². The maximum atomic E-state index is 4.53. The van der Waals surface area contributed by atoms with Gasteiger partial charge in [0.1, 0.15) is 5.82 Å². The summed E-state index contributed by atoms with van der Waals surface area (Å²) < 4.78 is 2.24. The SMILES string of the molecule is CCCNC(CSC(C)CC)c1nccn1CC. The van der Waals surface area contributed by atoms with Gasteiger partial charge in [0.2, 0.25) is 0 Å². The summed E-state index contributed by atoms with van der Waals surface area (Å²) in [6, 6.07) is 0.374. The van der Waals surface area contributed by atoms with Crippen LogP contribution < -0.4 is 5.32 Å². The first-order valence-electron chi connectivity index (χ1n) is 7.08. The zero-order valence-electron chi connectivity index (χ0n) is 12.1. The van der Waals surface area contributed by atoms with Crippen LogP contribution >= 0.6 is 11.8 Å². The third-order valence-electron chi connectivity index (χ3n) is 3.16. The molecule has 0 aliphatic carbocycles. The number of aryl methyl sites for hydroxylation is 1. The van der Waals surface area contributed by atoms with Gasteiger partial charge in [-0.1, -0.05) is 20.8 Å². The third kappa shape index (κ3) is 4.65. The number of aromatic nitrogens is 2. The molecule has 0 spiro atoms. The molecular formula is C14H27N3S. The van der Waals surface area contributed by atoms with Crippen molar-refractivity contribution in [2.75, 3.05) is 12.3 Å². The highest BCUT2D eigenvalue weighted by Gasteiger charge is 2.16. The van der Waals surface area contributed by atoms with E-state index in [0.717, 1.165) is 30.5 Å². The summed E-state index contributed by atoms with van der Waals surface area (Å²) in [5.41, 5.74) is 0. The Morgan fingerprint density at radius 2 is 2.17 bits per heavy atom. The summed E-state index contributed by atoms with van der Waals surface area (Å²) in [7, 11) is 0. The molecular weight excluding hydrogens is 242 g/mol. The van der Waals surface area contributed by atoms with Crippen molar-refractivity contribution in [2.45, 2.75) is 58.4 Å². The van der Waals surface area contributed by atoms with Crippen LogP contribution in [0.3, 0.4) is 0 Å².